The predicted molar refractivity (Wildman–Crippen MR) is 100 cm³/mol. The second-order valence-corrected chi connectivity index (χ2v) is 5.66. The molecule has 0 saturated carbocycles. The van der Waals surface area contributed by atoms with Crippen LogP contribution in [0.1, 0.15) is 60.5 Å². The van der Waals surface area contributed by atoms with Crippen LogP contribution in [0, 0.1) is 0 Å². The van der Waals surface area contributed by atoms with E-state index in [2.05, 4.69) is 34.5 Å². The Labute approximate surface area is 136 Å². The fourth-order valence-electron chi connectivity index (χ4n) is 1.90. The first kappa shape index (κ1) is 20.4. The standard InChI is InChI=1S/C15H21N3.2C2H6/c1-11(2)13-9-12-5-7-18(14(12)17-10-13)8-6-15(3,4)16;2*1-2/h5,7,9-10H,1,6,8,16H2,2-4H3;2*1-2H3. The van der Waals surface area contributed by atoms with Gasteiger partial charge in [0.1, 0.15) is 5.65 Å². The first-order valence-electron chi connectivity index (χ1n) is 8.26. The van der Waals surface area contributed by atoms with E-state index in [1.807, 2.05) is 54.7 Å². The summed E-state index contributed by atoms with van der Waals surface area (Å²) in [6.07, 6.45) is 4.89. The molecule has 0 radical (unpaired) electrons. The highest BCUT2D eigenvalue weighted by Crippen LogP contribution is 2.19. The van der Waals surface area contributed by atoms with Gasteiger partial charge in [0, 0.05) is 29.9 Å². The number of rotatable bonds is 4. The third-order valence-corrected chi connectivity index (χ3v) is 3.09. The van der Waals surface area contributed by atoms with Crippen molar-refractivity contribution in [2.75, 3.05) is 0 Å². The zero-order valence-electron chi connectivity index (χ0n) is 15.4. The molecule has 0 spiro atoms. The molecular formula is C19H33N3. The highest BCUT2D eigenvalue weighted by molar-refractivity contribution is 5.80. The van der Waals surface area contributed by atoms with Gasteiger partial charge in [-0.15, -0.1) is 0 Å². The van der Waals surface area contributed by atoms with Gasteiger partial charge in [-0.05, 0) is 50.5 Å². The lowest BCUT2D eigenvalue weighted by molar-refractivity contribution is 0.440. The van der Waals surface area contributed by atoms with E-state index in [1.165, 1.54) is 0 Å². The highest BCUT2D eigenvalue weighted by Gasteiger charge is 2.11. The van der Waals surface area contributed by atoms with Crippen molar-refractivity contribution in [2.24, 2.45) is 5.73 Å². The number of aromatic nitrogens is 2. The smallest absolute Gasteiger partial charge is 0.139 e. The Kier molecular flexibility index (Phi) is 8.73. The van der Waals surface area contributed by atoms with E-state index in [-0.39, 0.29) is 5.54 Å². The van der Waals surface area contributed by atoms with Gasteiger partial charge in [0.15, 0.2) is 0 Å². The summed E-state index contributed by atoms with van der Waals surface area (Å²) in [5, 5.41) is 1.16. The number of pyridine rings is 1. The fourth-order valence-corrected chi connectivity index (χ4v) is 1.90. The topological polar surface area (TPSA) is 43.8 Å². The van der Waals surface area contributed by atoms with Gasteiger partial charge in [0.2, 0.25) is 0 Å². The van der Waals surface area contributed by atoms with Gasteiger partial charge in [0.25, 0.3) is 0 Å². The van der Waals surface area contributed by atoms with Crippen LogP contribution in [0.2, 0.25) is 0 Å². The van der Waals surface area contributed by atoms with E-state index in [1.54, 1.807) is 0 Å². The molecule has 2 heterocycles. The molecule has 2 N–H and O–H groups in total. The number of aryl methyl sites for hydroxylation is 1. The van der Waals surface area contributed by atoms with Crippen molar-refractivity contribution in [1.82, 2.24) is 9.55 Å². The molecule has 0 atom stereocenters. The second kappa shape index (κ2) is 9.42. The summed E-state index contributed by atoms with van der Waals surface area (Å²) < 4.78 is 2.16. The first-order valence-corrected chi connectivity index (χ1v) is 8.26. The molecule has 0 aliphatic heterocycles. The SMILES string of the molecule is C=C(C)c1cnc2c(ccn2CCC(C)(C)N)c1.CC.CC. The van der Waals surface area contributed by atoms with E-state index in [9.17, 15) is 0 Å². The molecule has 2 rings (SSSR count). The Morgan fingerprint density at radius 1 is 1.27 bits per heavy atom. The molecule has 0 amide bonds. The molecule has 0 bridgehead atoms. The lowest BCUT2D eigenvalue weighted by Gasteiger charge is -2.18. The molecule has 0 saturated heterocycles. The van der Waals surface area contributed by atoms with Gasteiger partial charge in [0.05, 0.1) is 0 Å². The summed E-state index contributed by atoms with van der Waals surface area (Å²) in [6.45, 7) is 18.9. The minimum absolute atomic E-state index is 0.145. The van der Waals surface area contributed by atoms with Gasteiger partial charge in [-0.25, -0.2) is 4.98 Å². The molecule has 0 aromatic carbocycles. The Balaban J connectivity index is 0.00000102. The second-order valence-electron chi connectivity index (χ2n) is 5.66. The van der Waals surface area contributed by atoms with Gasteiger partial charge in [-0.3, -0.25) is 0 Å². The summed E-state index contributed by atoms with van der Waals surface area (Å²) in [5.74, 6) is 0. The molecule has 3 heteroatoms. The minimum atomic E-state index is -0.145. The van der Waals surface area contributed by atoms with Crippen molar-refractivity contribution in [3.8, 4) is 0 Å². The van der Waals surface area contributed by atoms with Crippen LogP contribution in [0.5, 0.6) is 0 Å². The van der Waals surface area contributed by atoms with Crippen LogP contribution >= 0.6 is 0 Å². The largest absolute Gasteiger partial charge is 0.332 e. The Hall–Kier alpha value is -1.61. The first-order chi connectivity index (χ1) is 10.4. The van der Waals surface area contributed by atoms with Crippen molar-refractivity contribution >= 4 is 16.6 Å². The Morgan fingerprint density at radius 3 is 2.36 bits per heavy atom. The molecule has 0 aliphatic rings. The zero-order valence-corrected chi connectivity index (χ0v) is 15.4. The normalized spacial score (nSPS) is 10.4. The quantitative estimate of drug-likeness (QED) is 0.838. The lowest BCUT2D eigenvalue weighted by Crippen LogP contribution is -2.33. The van der Waals surface area contributed by atoms with Crippen molar-refractivity contribution in [2.45, 2.75) is 67.0 Å². The zero-order chi connectivity index (χ0) is 17.3. The summed E-state index contributed by atoms with van der Waals surface area (Å²) in [4.78, 5) is 4.52. The number of fused-ring (bicyclic) bond motifs is 1. The number of nitrogens with zero attached hydrogens (tertiary/aromatic N) is 2. The van der Waals surface area contributed by atoms with E-state index >= 15 is 0 Å². The highest BCUT2D eigenvalue weighted by atomic mass is 15.0. The molecule has 0 unspecified atom stereocenters. The predicted octanol–water partition coefficient (Wildman–Crippen LogP) is 5.25. The van der Waals surface area contributed by atoms with Crippen LogP contribution in [0.4, 0.5) is 0 Å². The van der Waals surface area contributed by atoms with Crippen LogP contribution in [0.3, 0.4) is 0 Å². The number of nitrogens with two attached hydrogens (primary N) is 1. The third-order valence-electron chi connectivity index (χ3n) is 3.09. The fraction of sp³-hybridized carbons (Fsp3) is 0.526. The summed E-state index contributed by atoms with van der Waals surface area (Å²) >= 11 is 0. The Bertz CT molecular complexity index is 574. The molecule has 2 aromatic rings. The lowest BCUT2D eigenvalue weighted by atomic mass is 10.0. The maximum atomic E-state index is 6.01. The van der Waals surface area contributed by atoms with Crippen molar-refractivity contribution in [1.29, 1.82) is 0 Å². The van der Waals surface area contributed by atoms with Gasteiger partial charge < -0.3 is 10.3 Å². The van der Waals surface area contributed by atoms with Crippen LogP contribution in [-0.4, -0.2) is 15.1 Å². The summed E-state index contributed by atoms with van der Waals surface area (Å²) in [6, 6.07) is 4.23. The van der Waals surface area contributed by atoms with Crippen LogP contribution in [0.15, 0.2) is 31.1 Å². The number of hydrogen-bond donors (Lipinski definition) is 1. The number of allylic oxidation sites excluding steroid dienone is 1. The van der Waals surface area contributed by atoms with Gasteiger partial charge in [-0.1, -0.05) is 34.3 Å². The molecule has 0 fully saturated rings. The Morgan fingerprint density at radius 2 is 1.86 bits per heavy atom. The van der Waals surface area contributed by atoms with Crippen LogP contribution in [-0.2, 0) is 6.54 Å². The van der Waals surface area contributed by atoms with Crippen LogP contribution in [0.25, 0.3) is 16.6 Å². The van der Waals surface area contributed by atoms with E-state index in [0.717, 1.165) is 35.1 Å². The molecule has 0 aliphatic carbocycles. The van der Waals surface area contributed by atoms with E-state index < -0.39 is 0 Å². The van der Waals surface area contributed by atoms with E-state index in [0.29, 0.717) is 0 Å². The van der Waals surface area contributed by atoms with Crippen LogP contribution < -0.4 is 5.73 Å². The maximum Gasteiger partial charge on any atom is 0.139 e. The van der Waals surface area contributed by atoms with E-state index in [4.69, 9.17) is 5.73 Å². The molecular weight excluding hydrogens is 270 g/mol. The average Bonchev–Trinajstić information content (AvgIpc) is 2.91. The van der Waals surface area contributed by atoms with Gasteiger partial charge in [-0.2, -0.15) is 0 Å². The third kappa shape index (κ3) is 6.02. The average molecular weight is 303 g/mol. The monoisotopic (exact) mass is 303 g/mol. The van der Waals surface area contributed by atoms with Crippen molar-refractivity contribution in [3.05, 3.63) is 36.7 Å². The van der Waals surface area contributed by atoms with Gasteiger partial charge >= 0.3 is 0 Å². The minimum Gasteiger partial charge on any atom is -0.332 e. The summed E-state index contributed by atoms with van der Waals surface area (Å²) in [7, 11) is 0. The van der Waals surface area contributed by atoms with Crippen molar-refractivity contribution in [3.63, 3.8) is 0 Å². The molecule has 3 nitrogen and oxygen atoms in total. The molecule has 124 valence electrons. The maximum absolute atomic E-state index is 6.01. The number of hydrogen-bond acceptors (Lipinski definition) is 2. The van der Waals surface area contributed by atoms with Crippen molar-refractivity contribution < 1.29 is 0 Å². The summed E-state index contributed by atoms with van der Waals surface area (Å²) in [5.41, 5.74) is 9.03. The molecule has 22 heavy (non-hydrogen) atoms. The molecule has 2 aromatic heterocycles.